The number of rotatable bonds is 4. The second-order valence-electron chi connectivity index (χ2n) is 6.37. The summed E-state index contributed by atoms with van der Waals surface area (Å²) >= 11 is 5.54. The van der Waals surface area contributed by atoms with Crippen molar-refractivity contribution in [2.75, 3.05) is 6.61 Å². The summed E-state index contributed by atoms with van der Waals surface area (Å²) in [4.78, 5) is 8.30. The number of H-pyrrole nitrogens is 1. The summed E-state index contributed by atoms with van der Waals surface area (Å²) in [5, 5.41) is 0. The van der Waals surface area contributed by atoms with Gasteiger partial charge in [-0.3, -0.25) is 0 Å². The topological polar surface area (TPSA) is 37.9 Å². The highest BCUT2D eigenvalue weighted by Crippen LogP contribution is 2.36. The van der Waals surface area contributed by atoms with Crippen molar-refractivity contribution in [3.05, 3.63) is 21.7 Å². The molecule has 0 bridgehead atoms. The quantitative estimate of drug-likeness (QED) is 0.821. The maximum atomic E-state index is 6.07. The van der Waals surface area contributed by atoms with Gasteiger partial charge in [-0.25, -0.2) is 4.98 Å². The Balaban J connectivity index is 1.91. The minimum Gasteiger partial charge on any atom is -0.370 e. The SMILES string of the molecule is CCOC(c1nc(=S)c2c([nH]1)CCCC2)C1CCCCC1. The zero-order chi connectivity index (χ0) is 14.7. The van der Waals surface area contributed by atoms with Gasteiger partial charge < -0.3 is 9.72 Å². The fourth-order valence-corrected chi connectivity index (χ4v) is 4.15. The van der Waals surface area contributed by atoms with Crippen molar-refractivity contribution in [2.45, 2.75) is 70.8 Å². The van der Waals surface area contributed by atoms with E-state index < -0.39 is 0 Å². The van der Waals surface area contributed by atoms with Crippen molar-refractivity contribution in [1.29, 1.82) is 0 Å². The van der Waals surface area contributed by atoms with Gasteiger partial charge in [0.05, 0.1) is 0 Å². The highest BCUT2D eigenvalue weighted by atomic mass is 32.1. The summed E-state index contributed by atoms with van der Waals surface area (Å²) in [6.45, 7) is 2.81. The van der Waals surface area contributed by atoms with Crippen LogP contribution in [0.4, 0.5) is 0 Å². The minimum absolute atomic E-state index is 0.101. The Morgan fingerprint density at radius 1 is 1.19 bits per heavy atom. The van der Waals surface area contributed by atoms with E-state index in [1.807, 2.05) is 0 Å². The molecule has 2 aliphatic carbocycles. The predicted octanol–water partition coefficient (Wildman–Crippen LogP) is 4.68. The van der Waals surface area contributed by atoms with Crippen LogP contribution in [0.1, 0.15) is 75.1 Å². The average molecular weight is 306 g/mol. The molecule has 21 heavy (non-hydrogen) atoms. The third kappa shape index (κ3) is 3.37. The van der Waals surface area contributed by atoms with Crippen molar-refractivity contribution >= 4 is 12.2 Å². The molecule has 1 heterocycles. The monoisotopic (exact) mass is 306 g/mol. The van der Waals surface area contributed by atoms with Gasteiger partial charge in [-0.15, -0.1) is 0 Å². The molecule has 116 valence electrons. The molecule has 1 N–H and O–H groups in total. The second kappa shape index (κ2) is 7.01. The fraction of sp³-hybridized carbons (Fsp3) is 0.765. The van der Waals surface area contributed by atoms with E-state index in [-0.39, 0.29) is 6.10 Å². The zero-order valence-electron chi connectivity index (χ0n) is 13.0. The molecule has 3 nitrogen and oxygen atoms in total. The maximum absolute atomic E-state index is 6.07. The summed E-state index contributed by atoms with van der Waals surface area (Å²) in [6, 6.07) is 0. The van der Waals surface area contributed by atoms with Crippen molar-refractivity contribution < 1.29 is 4.74 Å². The molecular formula is C17H26N2OS. The molecule has 1 aromatic rings. The summed E-state index contributed by atoms with van der Waals surface area (Å²) in [5.74, 6) is 1.58. The molecule has 1 saturated carbocycles. The number of ether oxygens (including phenoxy) is 1. The highest BCUT2D eigenvalue weighted by molar-refractivity contribution is 7.71. The van der Waals surface area contributed by atoms with Crippen molar-refractivity contribution in [1.82, 2.24) is 9.97 Å². The number of fused-ring (bicyclic) bond motifs is 1. The molecule has 0 aromatic carbocycles. The number of nitrogens with zero attached hydrogens (tertiary/aromatic N) is 1. The highest BCUT2D eigenvalue weighted by Gasteiger charge is 2.28. The second-order valence-corrected chi connectivity index (χ2v) is 6.75. The summed E-state index contributed by atoms with van der Waals surface area (Å²) in [7, 11) is 0. The first-order valence-electron chi connectivity index (χ1n) is 8.53. The van der Waals surface area contributed by atoms with Crippen LogP contribution in [-0.2, 0) is 17.6 Å². The molecule has 0 radical (unpaired) electrons. The molecule has 3 rings (SSSR count). The molecule has 1 atom stereocenters. The van der Waals surface area contributed by atoms with Crippen LogP contribution in [0.2, 0.25) is 0 Å². The lowest BCUT2D eigenvalue weighted by Crippen LogP contribution is -2.23. The largest absolute Gasteiger partial charge is 0.370 e. The lowest BCUT2D eigenvalue weighted by atomic mass is 9.84. The molecule has 0 amide bonds. The normalized spacial score (nSPS) is 21.0. The minimum atomic E-state index is 0.101. The Kier molecular flexibility index (Phi) is 5.07. The molecule has 1 unspecified atom stereocenters. The molecular weight excluding hydrogens is 280 g/mol. The molecule has 4 heteroatoms. The number of hydrogen-bond donors (Lipinski definition) is 1. The summed E-state index contributed by atoms with van der Waals surface area (Å²) in [5.41, 5.74) is 2.59. The van der Waals surface area contributed by atoms with E-state index in [1.165, 1.54) is 56.2 Å². The number of aromatic amines is 1. The van der Waals surface area contributed by atoms with E-state index in [2.05, 4.69) is 11.9 Å². The fourth-order valence-electron chi connectivity index (χ4n) is 3.83. The van der Waals surface area contributed by atoms with Crippen LogP contribution >= 0.6 is 12.2 Å². The smallest absolute Gasteiger partial charge is 0.137 e. The van der Waals surface area contributed by atoms with Gasteiger partial charge in [-0.1, -0.05) is 31.5 Å². The Labute approximate surface area is 132 Å². The third-order valence-electron chi connectivity index (χ3n) is 4.92. The molecule has 0 spiro atoms. The van der Waals surface area contributed by atoms with E-state index in [0.717, 1.165) is 29.9 Å². The average Bonchev–Trinajstić information content (AvgIpc) is 2.53. The first-order chi connectivity index (χ1) is 10.3. The van der Waals surface area contributed by atoms with Gasteiger partial charge in [0.15, 0.2) is 0 Å². The number of nitrogens with one attached hydrogen (secondary N) is 1. The van der Waals surface area contributed by atoms with Crippen LogP contribution in [0.15, 0.2) is 0 Å². The number of aromatic nitrogens is 2. The van der Waals surface area contributed by atoms with Gasteiger partial charge in [0.1, 0.15) is 16.6 Å². The van der Waals surface area contributed by atoms with Crippen LogP contribution in [0.5, 0.6) is 0 Å². The van der Waals surface area contributed by atoms with E-state index in [1.54, 1.807) is 0 Å². The zero-order valence-corrected chi connectivity index (χ0v) is 13.8. The van der Waals surface area contributed by atoms with Crippen LogP contribution < -0.4 is 0 Å². The van der Waals surface area contributed by atoms with Gasteiger partial charge in [0.2, 0.25) is 0 Å². The lowest BCUT2D eigenvalue weighted by molar-refractivity contribution is -0.000452. The molecule has 0 aliphatic heterocycles. The Hall–Kier alpha value is -0.740. The Morgan fingerprint density at radius 2 is 1.95 bits per heavy atom. The van der Waals surface area contributed by atoms with Crippen LogP contribution in [0.3, 0.4) is 0 Å². The van der Waals surface area contributed by atoms with Crippen LogP contribution in [-0.4, -0.2) is 16.6 Å². The van der Waals surface area contributed by atoms with Gasteiger partial charge in [-0.05, 0) is 51.4 Å². The number of aryl methyl sites for hydroxylation is 1. The van der Waals surface area contributed by atoms with Crippen molar-refractivity contribution in [2.24, 2.45) is 5.92 Å². The van der Waals surface area contributed by atoms with E-state index in [9.17, 15) is 0 Å². The lowest BCUT2D eigenvalue weighted by Gasteiger charge is -2.30. The standard InChI is InChI=1S/C17H26N2OS/c1-2-20-15(12-8-4-3-5-9-12)16-18-14-11-7-6-10-13(14)17(21)19-16/h12,15H,2-11H2,1H3,(H,18,19,21). The molecule has 1 aromatic heterocycles. The maximum Gasteiger partial charge on any atom is 0.137 e. The Morgan fingerprint density at radius 3 is 2.71 bits per heavy atom. The van der Waals surface area contributed by atoms with E-state index in [0.29, 0.717) is 5.92 Å². The third-order valence-corrected chi connectivity index (χ3v) is 5.26. The van der Waals surface area contributed by atoms with Crippen LogP contribution in [0, 0.1) is 10.6 Å². The van der Waals surface area contributed by atoms with Gasteiger partial charge >= 0.3 is 0 Å². The molecule has 1 fully saturated rings. The van der Waals surface area contributed by atoms with Gasteiger partial charge in [-0.2, -0.15) is 0 Å². The van der Waals surface area contributed by atoms with Crippen molar-refractivity contribution in [3.8, 4) is 0 Å². The summed E-state index contributed by atoms with van der Waals surface area (Å²) in [6.07, 6.45) is 11.3. The van der Waals surface area contributed by atoms with Crippen LogP contribution in [0.25, 0.3) is 0 Å². The first-order valence-corrected chi connectivity index (χ1v) is 8.94. The van der Waals surface area contributed by atoms with E-state index in [4.69, 9.17) is 21.9 Å². The van der Waals surface area contributed by atoms with Gasteiger partial charge in [0.25, 0.3) is 0 Å². The van der Waals surface area contributed by atoms with Crippen molar-refractivity contribution in [3.63, 3.8) is 0 Å². The number of hydrogen-bond acceptors (Lipinski definition) is 3. The summed E-state index contributed by atoms with van der Waals surface area (Å²) < 4.78 is 6.88. The van der Waals surface area contributed by atoms with Gasteiger partial charge in [0, 0.05) is 17.9 Å². The molecule has 2 aliphatic rings. The van der Waals surface area contributed by atoms with E-state index >= 15 is 0 Å². The first kappa shape index (κ1) is 15.2. The Bertz CT molecular complexity index is 534. The molecule has 0 saturated heterocycles. The predicted molar refractivity (Wildman–Crippen MR) is 87.0 cm³/mol.